The molecule has 1 aromatic heterocycles. The van der Waals surface area contributed by atoms with Gasteiger partial charge in [-0.3, -0.25) is 0 Å². The summed E-state index contributed by atoms with van der Waals surface area (Å²) in [5.74, 6) is 0.473. The molecule has 0 atom stereocenters. The van der Waals surface area contributed by atoms with Crippen molar-refractivity contribution in [2.75, 3.05) is 11.9 Å². The van der Waals surface area contributed by atoms with Gasteiger partial charge < -0.3 is 10.4 Å². The van der Waals surface area contributed by atoms with Crippen LogP contribution in [0.4, 0.5) is 5.82 Å². The molecule has 1 fully saturated rings. The van der Waals surface area contributed by atoms with Gasteiger partial charge in [-0.25, -0.2) is 0 Å². The lowest BCUT2D eigenvalue weighted by molar-refractivity contribution is 0.0613. The highest BCUT2D eigenvalue weighted by Crippen LogP contribution is 2.29. The summed E-state index contributed by atoms with van der Waals surface area (Å²) in [7, 11) is 0. The fraction of sp³-hybridized carbons (Fsp3) is 0.615. The number of aromatic nitrogens is 2. The minimum Gasteiger partial charge on any atom is -0.388 e. The van der Waals surface area contributed by atoms with Crippen molar-refractivity contribution in [1.82, 2.24) is 10.2 Å². The van der Waals surface area contributed by atoms with Crippen LogP contribution in [-0.4, -0.2) is 27.4 Å². The molecule has 2 rings (SSSR count). The van der Waals surface area contributed by atoms with Gasteiger partial charge in [-0.1, -0.05) is 12.8 Å². The molecule has 1 heterocycles. The number of aliphatic hydroxyl groups is 1. The van der Waals surface area contributed by atoms with Crippen LogP contribution in [0.15, 0.2) is 0 Å². The molecule has 0 unspecified atom stereocenters. The van der Waals surface area contributed by atoms with Gasteiger partial charge in [-0.2, -0.15) is 10.4 Å². The summed E-state index contributed by atoms with van der Waals surface area (Å²) in [6.07, 6.45) is 3.73. The summed E-state index contributed by atoms with van der Waals surface area (Å²) < 4.78 is 0. The van der Waals surface area contributed by atoms with E-state index in [1.807, 2.05) is 13.8 Å². The van der Waals surface area contributed by atoms with Gasteiger partial charge in [0.2, 0.25) is 0 Å². The Bertz CT molecular complexity index is 486. The molecule has 18 heavy (non-hydrogen) atoms. The van der Waals surface area contributed by atoms with Crippen LogP contribution in [0.3, 0.4) is 0 Å². The summed E-state index contributed by atoms with van der Waals surface area (Å²) >= 11 is 0. The van der Waals surface area contributed by atoms with Crippen molar-refractivity contribution < 1.29 is 5.11 Å². The molecule has 2 N–H and O–H groups in total. The Morgan fingerprint density at radius 1 is 1.33 bits per heavy atom. The summed E-state index contributed by atoms with van der Waals surface area (Å²) in [6, 6.07) is 2.15. The molecule has 0 saturated heterocycles. The largest absolute Gasteiger partial charge is 0.388 e. The van der Waals surface area contributed by atoms with Crippen molar-refractivity contribution in [2.45, 2.75) is 45.1 Å². The maximum Gasteiger partial charge on any atom is 0.167 e. The van der Waals surface area contributed by atoms with E-state index in [4.69, 9.17) is 5.26 Å². The third-order valence-electron chi connectivity index (χ3n) is 3.69. The number of nitriles is 1. The molecule has 0 aromatic carbocycles. The molecule has 1 aliphatic rings. The zero-order valence-corrected chi connectivity index (χ0v) is 10.8. The van der Waals surface area contributed by atoms with Crippen LogP contribution in [0, 0.1) is 25.2 Å². The first-order valence-corrected chi connectivity index (χ1v) is 6.26. The fourth-order valence-corrected chi connectivity index (χ4v) is 2.33. The fourth-order valence-electron chi connectivity index (χ4n) is 2.33. The molecule has 0 amide bonds. The summed E-state index contributed by atoms with van der Waals surface area (Å²) in [5.41, 5.74) is 1.46. The molecule has 5 heteroatoms. The number of hydrogen-bond donors (Lipinski definition) is 2. The second-order valence-corrected chi connectivity index (χ2v) is 5.03. The van der Waals surface area contributed by atoms with Gasteiger partial charge in [0, 0.05) is 6.54 Å². The van der Waals surface area contributed by atoms with E-state index in [-0.39, 0.29) is 0 Å². The van der Waals surface area contributed by atoms with Crippen LogP contribution in [0.1, 0.15) is 42.5 Å². The topological polar surface area (TPSA) is 81.8 Å². The summed E-state index contributed by atoms with van der Waals surface area (Å²) in [6.45, 7) is 4.12. The predicted molar refractivity (Wildman–Crippen MR) is 68.1 cm³/mol. The first-order valence-electron chi connectivity index (χ1n) is 6.26. The van der Waals surface area contributed by atoms with Crippen LogP contribution >= 0.6 is 0 Å². The highest BCUT2D eigenvalue weighted by Gasteiger charge is 2.31. The molecule has 96 valence electrons. The van der Waals surface area contributed by atoms with E-state index in [0.717, 1.165) is 36.9 Å². The smallest absolute Gasteiger partial charge is 0.167 e. The molecule has 1 aliphatic carbocycles. The van der Waals surface area contributed by atoms with Crippen molar-refractivity contribution in [3.63, 3.8) is 0 Å². The molecule has 0 radical (unpaired) electrons. The van der Waals surface area contributed by atoms with E-state index < -0.39 is 5.60 Å². The molecule has 5 nitrogen and oxygen atoms in total. The standard InChI is InChI=1S/C13H18N4O/c1-9-10(2)16-17-12(11(9)7-14)15-8-13(18)5-3-4-6-13/h18H,3-6,8H2,1-2H3,(H,15,17). The lowest BCUT2D eigenvalue weighted by Gasteiger charge is -2.23. The number of aryl methyl sites for hydroxylation is 1. The maximum atomic E-state index is 10.2. The van der Waals surface area contributed by atoms with Crippen molar-refractivity contribution in [2.24, 2.45) is 0 Å². The minimum atomic E-state index is -0.660. The first-order chi connectivity index (χ1) is 8.56. The SMILES string of the molecule is Cc1nnc(NCC2(O)CCCC2)c(C#N)c1C. The molecule has 0 spiro atoms. The van der Waals surface area contributed by atoms with E-state index in [1.54, 1.807) is 0 Å². The molecule has 0 aliphatic heterocycles. The second-order valence-electron chi connectivity index (χ2n) is 5.03. The maximum absolute atomic E-state index is 10.2. The summed E-state index contributed by atoms with van der Waals surface area (Å²) in [5, 5.41) is 30.5. The van der Waals surface area contributed by atoms with Crippen LogP contribution < -0.4 is 5.32 Å². The zero-order chi connectivity index (χ0) is 13.2. The lowest BCUT2D eigenvalue weighted by atomic mass is 10.0. The Morgan fingerprint density at radius 2 is 2.00 bits per heavy atom. The van der Waals surface area contributed by atoms with Gasteiger partial charge in [-0.15, -0.1) is 5.10 Å². The summed E-state index contributed by atoms with van der Waals surface area (Å²) in [4.78, 5) is 0. The van der Waals surface area contributed by atoms with Crippen LogP contribution in [-0.2, 0) is 0 Å². The molecular weight excluding hydrogens is 228 g/mol. The van der Waals surface area contributed by atoms with Crippen LogP contribution in [0.5, 0.6) is 0 Å². The highest BCUT2D eigenvalue weighted by atomic mass is 16.3. The Kier molecular flexibility index (Phi) is 3.48. The van der Waals surface area contributed by atoms with Crippen LogP contribution in [0.2, 0.25) is 0 Å². The van der Waals surface area contributed by atoms with Gasteiger partial charge in [0.15, 0.2) is 5.82 Å². The Hall–Kier alpha value is -1.67. The van der Waals surface area contributed by atoms with Crippen molar-refractivity contribution >= 4 is 5.82 Å². The van der Waals surface area contributed by atoms with Gasteiger partial charge in [0.05, 0.1) is 11.3 Å². The van der Waals surface area contributed by atoms with E-state index in [9.17, 15) is 5.11 Å². The van der Waals surface area contributed by atoms with Crippen LogP contribution in [0.25, 0.3) is 0 Å². The van der Waals surface area contributed by atoms with Gasteiger partial charge in [-0.05, 0) is 32.3 Å². The Morgan fingerprint density at radius 3 is 2.61 bits per heavy atom. The molecule has 1 saturated carbocycles. The predicted octanol–water partition coefficient (Wildman–Crippen LogP) is 1.68. The zero-order valence-electron chi connectivity index (χ0n) is 10.8. The highest BCUT2D eigenvalue weighted by molar-refractivity contribution is 5.55. The Labute approximate surface area is 107 Å². The van der Waals surface area contributed by atoms with E-state index >= 15 is 0 Å². The number of anilines is 1. The minimum absolute atomic E-state index is 0.429. The number of nitrogens with one attached hydrogen (secondary N) is 1. The number of nitrogens with zero attached hydrogens (tertiary/aromatic N) is 3. The first kappa shape index (κ1) is 12.8. The third kappa shape index (κ3) is 2.44. The lowest BCUT2D eigenvalue weighted by Crippen LogP contribution is -2.34. The van der Waals surface area contributed by atoms with Gasteiger partial charge in [0.25, 0.3) is 0 Å². The molecular formula is C13H18N4O. The van der Waals surface area contributed by atoms with Gasteiger partial charge in [0.1, 0.15) is 11.6 Å². The molecule has 0 bridgehead atoms. The average molecular weight is 246 g/mol. The Balaban J connectivity index is 2.15. The quantitative estimate of drug-likeness (QED) is 0.848. The number of hydrogen-bond acceptors (Lipinski definition) is 5. The normalized spacial score (nSPS) is 17.4. The third-order valence-corrected chi connectivity index (χ3v) is 3.69. The van der Waals surface area contributed by atoms with Crippen molar-refractivity contribution in [1.29, 1.82) is 5.26 Å². The van der Waals surface area contributed by atoms with Crippen molar-refractivity contribution in [3.05, 3.63) is 16.8 Å². The van der Waals surface area contributed by atoms with Crippen molar-refractivity contribution in [3.8, 4) is 6.07 Å². The second kappa shape index (κ2) is 4.91. The van der Waals surface area contributed by atoms with Gasteiger partial charge >= 0.3 is 0 Å². The molecule has 1 aromatic rings. The van der Waals surface area contributed by atoms with E-state index in [2.05, 4.69) is 21.6 Å². The number of rotatable bonds is 3. The van der Waals surface area contributed by atoms with E-state index in [1.165, 1.54) is 0 Å². The average Bonchev–Trinajstić information content (AvgIpc) is 2.78. The van der Waals surface area contributed by atoms with E-state index in [0.29, 0.717) is 17.9 Å². The monoisotopic (exact) mass is 246 g/mol.